The van der Waals surface area contributed by atoms with Crippen molar-refractivity contribution in [3.8, 4) is 0 Å². The summed E-state index contributed by atoms with van der Waals surface area (Å²) in [5.74, 6) is -0.711. The lowest BCUT2D eigenvalue weighted by atomic mass is 9.86. The number of nitrogens with one attached hydrogen (secondary N) is 1. The number of hydrogen-bond donors (Lipinski definition) is 2. The second kappa shape index (κ2) is 5.28. The van der Waals surface area contributed by atoms with Crippen LogP contribution < -0.4 is 4.72 Å². The third kappa shape index (κ3) is 2.93. The smallest absolute Gasteiger partial charge is 0.345 e. The topological polar surface area (TPSA) is 83.5 Å². The van der Waals surface area contributed by atoms with Crippen molar-refractivity contribution in [1.82, 2.24) is 4.72 Å². The van der Waals surface area contributed by atoms with Gasteiger partial charge in [0.05, 0.1) is 3.79 Å². The maximum Gasteiger partial charge on any atom is 0.345 e. The van der Waals surface area contributed by atoms with Crippen molar-refractivity contribution in [3.05, 3.63) is 14.7 Å². The van der Waals surface area contributed by atoms with Crippen LogP contribution in [0, 0.1) is 5.92 Å². The maximum atomic E-state index is 12.0. The molecule has 1 fully saturated rings. The molecule has 100 valence electrons. The molecule has 1 aromatic rings. The van der Waals surface area contributed by atoms with E-state index in [-0.39, 0.29) is 9.77 Å². The molecule has 2 rings (SSSR count). The van der Waals surface area contributed by atoms with Crippen LogP contribution in [0.15, 0.2) is 14.7 Å². The molecule has 0 aromatic carbocycles. The van der Waals surface area contributed by atoms with Crippen LogP contribution in [0.25, 0.3) is 0 Å². The van der Waals surface area contributed by atoms with Crippen LogP contribution in [0.2, 0.25) is 0 Å². The Balaban J connectivity index is 2.15. The molecule has 0 saturated heterocycles. The molecule has 1 aliphatic carbocycles. The summed E-state index contributed by atoms with van der Waals surface area (Å²) < 4.78 is 26.9. The largest absolute Gasteiger partial charge is 0.477 e. The van der Waals surface area contributed by atoms with Gasteiger partial charge in [-0.15, -0.1) is 11.3 Å². The Labute approximate surface area is 117 Å². The molecule has 8 heteroatoms. The summed E-state index contributed by atoms with van der Waals surface area (Å²) in [7, 11) is -3.62. The molecule has 1 aliphatic rings. The van der Waals surface area contributed by atoms with Crippen molar-refractivity contribution < 1.29 is 18.3 Å². The van der Waals surface area contributed by atoms with Crippen LogP contribution in [0.4, 0.5) is 0 Å². The van der Waals surface area contributed by atoms with Crippen LogP contribution >= 0.6 is 27.3 Å². The van der Waals surface area contributed by atoms with E-state index in [0.29, 0.717) is 16.2 Å². The predicted octanol–water partition coefficient (Wildman–Crippen LogP) is 2.29. The Bertz CT molecular complexity index is 562. The van der Waals surface area contributed by atoms with E-state index in [1.165, 1.54) is 6.07 Å². The number of halogens is 1. The van der Waals surface area contributed by atoms with E-state index in [0.717, 1.165) is 30.6 Å². The lowest BCUT2D eigenvalue weighted by molar-refractivity contribution is 0.0702. The van der Waals surface area contributed by atoms with Crippen molar-refractivity contribution in [1.29, 1.82) is 0 Å². The van der Waals surface area contributed by atoms with E-state index >= 15 is 0 Å². The number of carbonyl (C=O) groups is 1. The maximum absolute atomic E-state index is 12.0. The lowest BCUT2D eigenvalue weighted by Crippen LogP contribution is -2.32. The zero-order valence-corrected chi connectivity index (χ0v) is 12.6. The van der Waals surface area contributed by atoms with Crippen molar-refractivity contribution in [2.75, 3.05) is 6.54 Å². The SMILES string of the molecule is O=C(O)c1cc(S(=O)(=O)NCC2CCC2)c(Br)s1. The molecule has 0 unspecified atom stereocenters. The summed E-state index contributed by atoms with van der Waals surface area (Å²) in [4.78, 5) is 10.8. The van der Waals surface area contributed by atoms with Gasteiger partial charge in [0.25, 0.3) is 0 Å². The standard InChI is InChI=1S/C10H12BrNO4S2/c11-9-8(4-7(17-9)10(13)14)18(15,16)12-5-6-2-1-3-6/h4,6,12H,1-3,5H2,(H,13,14). The second-order valence-electron chi connectivity index (χ2n) is 4.20. The Hall–Kier alpha value is -0.440. The molecular formula is C10H12BrNO4S2. The molecule has 0 atom stereocenters. The summed E-state index contributed by atoms with van der Waals surface area (Å²) in [5.41, 5.74) is 0. The molecule has 0 spiro atoms. The molecule has 0 amide bonds. The summed E-state index contributed by atoms with van der Waals surface area (Å²) >= 11 is 4.00. The molecule has 1 heterocycles. The van der Waals surface area contributed by atoms with Crippen LogP contribution in [-0.4, -0.2) is 26.0 Å². The van der Waals surface area contributed by atoms with Gasteiger partial charge in [0.15, 0.2) is 0 Å². The Kier molecular flexibility index (Phi) is 4.10. The first kappa shape index (κ1) is 14.0. The molecule has 2 N–H and O–H groups in total. The molecule has 0 aliphatic heterocycles. The molecule has 18 heavy (non-hydrogen) atoms. The molecular weight excluding hydrogens is 342 g/mol. The van der Waals surface area contributed by atoms with Crippen molar-refractivity contribution in [2.45, 2.75) is 24.2 Å². The number of sulfonamides is 1. The normalized spacial score (nSPS) is 16.5. The first-order valence-corrected chi connectivity index (χ1v) is 8.51. The highest BCUT2D eigenvalue weighted by molar-refractivity contribution is 9.11. The molecule has 1 aromatic heterocycles. The van der Waals surface area contributed by atoms with Crippen LogP contribution in [0.3, 0.4) is 0 Å². The van der Waals surface area contributed by atoms with Gasteiger partial charge in [0.1, 0.15) is 9.77 Å². The highest BCUT2D eigenvalue weighted by atomic mass is 79.9. The van der Waals surface area contributed by atoms with E-state index in [2.05, 4.69) is 20.7 Å². The summed E-state index contributed by atoms with van der Waals surface area (Å²) in [6, 6.07) is 1.18. The van der Waals surface area contributed by atoms with Gasteiger partial charge >= 0.3 is 5.97 Å². The van der Waals surface area contributed by atoms with Gasteiger partial charge < -0.3 is 5.11 Å². The first-order valence-electron chi connectivity index (χ1n) is 5.42. The average molecular weight is 354 g/mol. The highest BCUT2D eigenvalue weighted by Crippen LogP contribution is 2.32. The van der Waals surface area contributed by atoms with Crippen molar-refractivity contribution in [3.63, 3.8) is 0 Å². The second-order valence-corrected chi connectivity index (χ2v) is 8.31. The van der Waals surface area contributed by atoms with Crippen molar-refractivity contribution >= 4 is 43.3 Å². The van der Waals surface area contributed by atoms with E-state index < -0.39 is 16.0 Å². The molecule has 0 bridgehead atoms. The van der Waals surface area contributed by atoms with Gasteiger partial charge in [-0.1, -0.05) is 6.42 Å². The highest BCUT2D eigenvalue weighted by Gasteiger charge is 2.25. The lowest BCUT2D eigenvalue weighted by Gasteiger charge is -2.25. The van der Waals surface area contributed by atoms with Crippen LogP contribution in [0.5, 0.6) is 0 Å². The van der Waals surface area contributed by atoms with Crippen LogP contribution in [0.1, 0.15) is 28.9 Å². The summed E-state index contributed by atoms with van der Waals surface area (Å²) in [5, 5.41) is 8.83. The Morgan fingerprint density at radius 1 is 1.56 bits per heavy atom. The van der Waals surface area contributed by atoms with Gasteiger partial charge in [0, 0.05) is 6.54 Å². The summed E-state index contributed by atoms with van der Waals surface area (Å²) in [6.07, 6.45) is 3.25. The van der Waals surface area contributed by atoms with E-state index in [9.17, 15) is 13.2 Å². The van der Waals surface area contributed by atoms with Crippen molar-refractivity contribution in [2.24, 2.45) is 5.92 Å². The van der Waals surface area contributed by atoms with Gasteiger partial charge in [-0.25, -0.2) is 17.9 Å². The fraction of sp³-hybridized carbons (Fsp3) is 0.500. The Morgan fingerprint density at radius 2 is 2.22 bits per heavy atom. The van der Waals surface area contributed by atoms with Crippen LogP contribution in [-0.2, 0) is 10.0 Å². The number of thiophene rings is 1. The molecule has 5 nitrogen and oxygen atoms in total. The number of hydrogen-bond acceptors (Lipinski definition) is 4. The zero-order valence-electron chi connectivity index (χ0n) is 9.35. The van der Waals surface area contributed by atoms with E-state index in [1.807, 2.05) is 0 Å². The Morgan fingerprint density at radius 3 is 2.67 bits per heavy atom. The quantitative estimate of drug-likeness (QED) is 0.850. The number of carboxylic acids is 1. The predicted molar refractivity (Wildman–Crippen MR) is 71.5 cm³/mol. The minimum absolute atomic E-state index is 0.00391. The molecule has 1 saturated carbocycles. The minimum Gasteiger partial charge on any atom is -0.477 e. The van der Waals surface area contributed by atoms with Gasteiger partial charge in [-0.05, 0) is 40.8 Å². The van der Waals surface area contributed by atoms with Gasteiger partial charge in [-0.3, -0.25) is 0 Å². The van der Waals surface area contributed by atoms with E-state index in [1.54, 1.807) is 0 Å². The van der Waals surface area contributed by atoms with Gasteiger partial charge in [-0.2, -0.15) is 0 Å². The number of rotatable bonds is 5. The monoisotopic (exact) mass is 353 g/mol. The first-order chi connectivity index (χ1) is 8.40. The third-order valence-electron chi connectivity index (χ3n) is 2.94. The summed E-state index contributed by atoms with van der Waals surface area (Å²) in [6.45, 7) is 0.424. The fourth-order valence-electron chi connectivity index (χ4n) is 1.64. The minimum atomic E-state index is -3.62. The average Bonchev–Trinajstić information content (AvgIpc) is 2.58. The zero-order chi connectivity index (χ0) is 13.3. The van der Waals surface area contributed by atoms with Gasteiger partial charge in [0.2, 0.25) is 10.0 Å². The van der Waals surface area contributed by atoms with E-state index in [4.69, 9.17) is 5.11 Å². The number of aromatic carboxylic acids is 1. The number of carboxylic acid groups (broad SMARTS) is 1. The molecule has 0 radical (unpaired) electrons. The fourth-order valence-corrected chi connectivity index (χ4v) is 5.16. The third-order valence-corrected chi connectivity index (χ3v) is 6.61.